The third-order valence-electron chi connectivity index (χ3n) is 1.32. The largest absolute Gasteiger partial charge is 0.289 e. The zero-order chi connectivity index (χ0) is 12.1. The van der Waals surface area contributed by atoms with Crippen molar-refractivity contribution >= 4 is 22.1 Å². The predicted octanol–water partition coefficient (Wildman–Crippen LogP) is 4.90. The van der Waals surface area contributed by atoms with E-state index in [2.05, 4.69) is 33.9 Å². The maximum absolute atomic E-state index is 4.23. The topological polar surface area (TPSA) is 12.4 Å². The first kappa shape index (κ1) is 16.8. The fourth-order valence-electron chi connectivity index (χ4n) is 0.665. The second-order valence-corrected chi connectivity index (χ2v) is 4.03. The van der Waals surface area contributed by atoms with Gasteiger partial charge in [0.15, 0.2) is 0 Å². The number of rotatable bonds is 4. The lowest BCUT2D eigenvalue weighted by atomic mass is 10.3. The van der Waals surface area contributed by atoms with Crippen molar-refractivity contribution in [3.8, 4) is 0 Å². The Morgan fingerprint density at radius 3 is 2.27 bits per heavy atom. The summed E-state index contributed by atoms with van der Waals surface area (Å²) in [5, 5.41) is 0. The molecule has 0 unspecified atom stereocenters. The van der Waals surface area contributed by atoms with Crippen molar-refractivity contribution in [2.45, 2.75) is 34.6 Å². The van der Waals surface area contributed by atoms with E-state index >= 15 is 0 Å². The molecule has 2 heteroatoms. The van der Waals surface area contributed by atoms with Crippen molar-refractivity contribution in [3.05, 3.63) is 34.4 Å². The minimum atomic E-state index is 0.765. The van der Waals surface area contributed by atoms with E-state index in [4.69, 9.17) is 0 Å². The highest BCUT2D eigenvalue weighted by molar-refractivity contribution is 9.11. The van der Waals surface area contributed by atoms with E-state index in [1.165, 1.54) is 5.57 Å². The SMILES string of the molecule is C/C=C\C=C(/C)CN=C/C=C(\C)Br.CC. The molecule has 15 heavy (non-hydrogen) atoms. The quantitative estimate of drug-likeness (QED) is 0.509. The van der Waals surface area contributed by atoms with Gasteiger partial charge < -0.3 is 0 Å². The Morgan fingerprint density at radius 2 is 1.80 bits per heavy atom. The van der Waals surface area contributed by atoms with Crippen LogP contribution in [0.5, 0.6) is 0 Å². The molecule has 1 nitrogen and oxygen atoms in total. The van der Waals surface area contributed by atoms with E-state index in [1.807, 2.05) is 52.1 Å². The van der Waals surface area contributed by atoms with Gasteiger partial charge in [-0.25, -0.2) is 0 Å². The van der Waals surface area contributed by atoms with Crippen LogP contribution >= 0.6 is 15.9 Å². The van der Waals surface area contributed by atoms with Gasteiger partial charge in [0, 0.05) is 6.21 Å². The molecule has 0 N–H and O–H groups in total. The summed E-state index contributed by atoms with van der Waals surface area (Å²) in [6.07, 6.45) is 9.86. The van der Waals surface area contributed by atoms with E-state index in [9.17, 15) is 0 Å². The second-order valence-electron chi connectivity index (χ2n) is 2.78. The van der Waals surface area contributed by atoms with E-state index in [0.717, 1.165) is 11.0 Å². The normalized spacial score (nSPS) is 13.2. The number of aliphatic imine (C=N–C) groups is 1. The molecule has 0 spiro atoms. The third-order valence-corrected chi connectivity index (χ3v) is 1.59. The molecule has 0 atom stereocenters. The molecule has 0 aromatic carbocycles. The minimum absolute atomic E-state index is 0.765. The van der Waals surface area contributed by atoms with Gasteiger partial charge in [-0.1, -0.05) is 53.6 Å². The molecule has 0 aromatic rings. The fourth-order valence-corrected chi connectivity index (χ4v) is 0.784. The summed E-state index contributed by atoms with van der Waals surface area (Å²) in [5.74, 6) is 0. The molecule has 0 radical (unpaired) electrons. The highest BCUT2D eigenvalue weighted by atomic mass is 79.9. The number of hydrogen-bond donors (Lipinski definition) is 0. The maximum Gasteiger partial charge on any atom is 0.0599 e. The molecule has 0 aliphatic rings. The molecule has 0 saturated heterocycles. The molecule has 0 aromatic heterocycles. The van der Waals surface area contributed by atoms with Crippen LogP contribution in [-0.4, -0.2) is 12.8 Å². The van der Waals surface area contributed by atoms with Gasteiger partial charge in [-0.3, -0.25) is 4.99 Å². The van der Waals surface area contributed by atoms with Crippen molar-refractivity contribution in [1.82, 2.24) is 0 Å². The van der Waals surface area contributed by atoms with Gasteiger partial charge in [-0.15, -0.1) is 0 Å². The van der Waals surface area contributed by atoms with Crippen LogP contribution in [0.25, 0.3) is 0 Å². The Kier molecular flexibility index (Phi) is 15.0. The predicted molar refractivity (Wildman–Crippen MR) is 76.0 cm³/mol. The molecular weight excluding hydrogens is 250 g/mol. The monoisotopic (exact) mass is 271 g/mol. The number of nitrogens with zero attached hydrogens (tertiary/aromatic N) is 1. The van der Waals surface area contributed by atoms with Crippen molar-refractivity contribution in [2.24, 2.45) is 4.99 Å². The summed E-state index contributed by atoms with van der Waals surface area (Å²) in [7, 11) is 0. The van der Waals surface area contributed by atoms with Gasteiger partial charge in [0.25, 0.3) is 0 Å². The molecule has 0 bridgehead atoms. The van der Waals surface area contributed by atoms with Crippen LogP contribution in [-0.2, 0) is 0 Å². The Bertz CT molecular complexity index is 243. The van der Waals surface area contributed by atoms with Crippen molar-refractivity contribution in [1.29, 1.82) is 0 Å². The van der Waals surface area contributed by atoms with Gasteiger partial charge in [-0.2, -0.15) is 0 Å². The first-order valence-electron chi connectivity index (χ1n) is 5.27. The smallest absolute Gasteiger partial charge is 0.0599 e. The summed E-state index contributed by atoms with van der Waals surface area (Å²) >= 11 is 3.33. The molecule has 0 fully saturated rings. The van der Waals surface area contributed by atoms with Crippen LogP contribution in [0.3, 0.4) is 0 Å². The summed E-state index contributed by atoms with van der Waals surface area (Å²) < 4.78 is 1.09. The molecule has 0 aliphatic carbocycles. The average molecular weight is 272 g/mol. The van der Waals surface area contributed by atoms with Gasteiger partial charge in [0.2, 0.25) is 0 Å². The van der Waals surface area contributed by atoms with Crippen LogP contribution in [0.2, 0.25) is 0 Å². The summed E-state index contributed by atoms with van der Waals surface area (Å²) in [6.45, 7) is 10.8. The fraction of sp³-hybridized carbons (Fsp3) is 0.462. The number of allylic oxidation sites excluding steroid dienone is 5. The Morgan fingerprint density at radius 1 is 1.20 bits per heavy atom. The van der Waals surface area contributed by atoms with Crippen LogP contribution in [0.15, 0.2) is 39.4 Å². The molecule has 0 rings (SSSR count). The standard InChI is InChI=1S/C11H16BrN.C2H6/c1-4-5-6-10(2)9-13-8-7-11(3)12;1-2/h4-8H,9H2,1-3H3;1-2H3/b5-4-,10-6+,11-7+,13-8?;. The summed E-state index contributed by atoms with van der Waals surface area (Å²) in [6, 6.07) is 0. The minimum Gasteiger partial charge on any atom is -0.289 e. The molecule has 86 valence electrons. The lowest BCUT2D eigenvalue weighted by Crippen LogP contribution is -1.82. The van der Waals surface area contributed by atoms with Crippen molar-refractivity contribution in [3.63, 3.8) is 0 Å². The van der Waals surface area contributed by atoms with Crippen LogP contribution in [0, 0.1) is 0 Å². The van der Waals surface area contributed by atoms with Gasteiger partial charge in [-0.05, 0) is 31.3 Å². The number of halogens is 1. The average Bonchev–Trinajstić information content (AvgIpc) is 2.24. The summed E-state index contributed by atoms with van der Waals surface area (Å²) in [4.78, 5) is 4.23. The third kappa shape index (κ3) is 16.1. The molecule has 0 saturated carbocycles. The van der Waals surface area contributed by atoms with E-state index in [-0.39, 0.29) is 0 Å². The highest BCUT2D eigenvalue weighted by Gasteiger charge is 1.81. The zero-order valence-corrected chi connectivity index (χ0v) is 12.0. The van der Waals surface area contributed by atoms with Gasteiger partial charge in [0.1, 0.15) is 0 Å². The van der Waals surface area contributed by atoms with E-state index in [1.54, 1.807) is 0 Å². The Hall–Kier alpha value is -0.630. The molecule has 0 aliphatic heterocycles. The van der Waals surface area contributed by atoms with E-state index < -0.39 is 0 Å². The van der Waals surface area contributed by atoms with Crippen molar-refractivity contribution in [2.75, 3.05) is 6.54 Å². The summed E-state index contributed by atoms with van der Waals surface area (Å²) in [5.41, 5.74) is 1.26. The molecule has 0 amide bonds. The first-order chi connectivity index (χ1) is 7.16. The van der Waals surface area contributed by atoms with E-state index in [0.29, 0.717) is 0 Å². The lowest BCUT2D eigenvalue weighted by molar-refractivity contribution is 1.14. The molecule has 0 heterocycles. The zero-order valence-electron chi connectivity index (χ0n) is 10.4. The Labute approximate surface area is 103 Å². The van der Waals surface area contributed by atoms with Gasteiger partial charge in [0.05, 0.1) is 6.54 Å². The van der Waals surface area contributed by atoms with Crippen molar-refractivity contribution < 1.29 is 0 Å². The van der Waals surface area contributed by atoms with Crippen LogP contribution in [0.4, 0.5) is 0 Å². The number of hydrogen-bond acceptors (Lipinski definition) is 1. The van der Waals surface area contributed by atoms with Crippen LogP contribution in [0.1, 0.15) is 34.6 Å². The lowest BCUT2D eigenvalue weighted by Gasteiger charge is -1.91. The highest BCUT2D eigenvalue weighted by Crippen LogP contribution is 1.99. The Balaban J connectivity index is 0. The van der Waals surface area contributed by atoms with Gasteiger partial charge >= 0.3 is 0 Å². The molecular formula is C13H22BrN. The first-order valence-corrected chi connectivity index (χ1v) is 6.06. The maximum atomic E-state index is 4.23. The van der Waals surface area contributed by atoms with Crippen LogP contribution < -0.4 is 0 Å². The second kappa shape index (κ2) is 13.4.